The maximum absolute atomic E-state index is 13.4. The molecule has 3 rings (SSSR count). The average Bonchev–Trinajstić information content (AvgIpc) is 3.51. The summed E-state index contributed by atoms with van der Waals surface area (Å²) in [5.41, 5.74) is 12.3. The molecule has 1 aliphatic rings. The standard InChI is InChI=1S/C25H38N4O4.C7H8O3S/c1-17(2)16-22(21(24(31)28-33)15-9-12-19-10-5-4-6-11-19)23(30)27-29(25(32)18(3)26)20-13-7-8-14-20;1-6-2-4-7(5-3-6)11(8,9)10/h4-6,9-12,17-18,20-22,33H,7-8,13-16,26H2,1-3H3,(H,27,30)(H,28,31);2-5H,1H3,(H,8,9,10)/b12-9+;/t18-,21-,22+;/m1./s1. The monoisotopic (exact) mass is 630 g/mol. The van der Waals surface area contributed by atoms with Gasteiger partial charge >= 0.3 is 0 Å². The molecule has 6 N–H and O–H groups in total. The van der Waals surface area contributed by atoms with Gasteiger partial charge in [0.15, 0.2) is 0 Å². The van der Waals surface area contributed by atoms with Crippen LogP contribution in [0.25, 0.3) is 6.08 Å². The van der Waals surface area contributed by atoms with E-state index in [0.717, 1.165) is 36.8 Å². The van der Waals surface area contributed by atoms with E-state index in [2.05, 4.69) is 5.43 Å². The molecule has 2 aromatic carbocycles. The highest BCUT2D eigenvalue weighted by molar-refractivity contribution is 7.85. The maximum Gasteiger partial charge on any atom is 0.294 e. The van der Waals surface area contributed by atoms with E-state index < -0.39 is 39.8 Å². The average molecular weight is 631 g/mol. The largest absolute Gasteiger partial charge is 0.320 e. The molecule has 44 heavy (non-hydrogen) atoms. The van der Waals surface area contributed by atoms with Crippen molar-refractivity contribution in [3.05, 3.63) is 71.8 Å². The molecule has 1 saturated carbocycles. The first kappa shape index (κ1) is 36.6. The van der Waals surface area contributed by atoms with Gasteiger partial charge in [0.05, 0.1) is 28.8 Å². The Morgan fingerprint density at radius 1 is 0.977 bits per heavy atom. The number of hydrogen-bond acceptors (Lipinski definition) is 7. The summed E-state index contributed by atoms with van der Waals surface area (Å²) in [4.78, 5) is 38.7. The molecule has 2 aromatic rings. The summed E-state index contributed by atoms with van der Waals surface area (Å²) in [6.45, 7) is 7.37. The van der Waals surface area contributed by atoms with Crippen molar-refractivity contribution in [3.63, 3.8) is 0 Å². The first-order valence-corrected chi connectivity index (χ1v) is 16.3. The lowest BCUT2D eigenvalue weighted by Gasteiger charge is -2.33. The zero-order valence-electron chi connectivity index (χ0n) is 25.8. The van der Waals surface area contributed by atoms with Crippen molar-refractivity contribution < 1.29 is 32.6 Å². The van der Waals surface area contributed by atoms with Crippen LogP contribution in [0.3, 0.4) is 0 Å². The molecular formula is C32H46N4O7S. The van der Waals surface area contributed by atoms with E-state index in [1.54, 1.807) is 24.5 Å². The molecule has 0 radical (unpaired) electrons. The van der Waals surface area contributed by atoms with Gasteiger partial charge in [-0.1, -0.05) is 86.9 Å². The number of hydroxylamine groups is 1. The number of aryl methyl sites for hydroxylation is 1. The van der Waals surface area contributed by atoms with Crippen molar-refractivity contribution in [1.29, 1.82) is 0 Å². The number of hydrazine groups is 1. The highest BCUT2D eigenvalue weighted by Gasteiger charge is 2.37. The van der Waals surface area contributed by atoms with Crippen LogP contribution < -0.4 is 16.6 Å². The van der Waals surface area contributed by atoms with Crippen molar-refractivity contribution in [3.8, 4) is 0 Å². The number of nitrogens with one attached hydrogen (secondary N) is 2. The normalized spacial score (nSPS) is 15.6. The predicted octanol–water partition coefficient (Wildman–Crippen LogP) is 4.27. The van der Waals surface area contributed by atoms with Crippen molar-refractivity contribution in [2.75, 3.05) is 0 Å². The summed E-state index contributed by atoms with van der Waals surface area (Å²) in [5, 5.41) is 10.7. The lowest BCUT2D eigenvalue weighted by molar-refractivity contribution is -0.150. The molecule has 0 spiro atoms. The molecule has 11 nitrogen and oxygen atoms in total. The summed E-state index contributed by atoms with van der Waals surface area (Å²) < 4.78 is 29.6. The van der Waals surface area contributed by atoms with E-state index >= 15 is 0 Å². The predicted molar refractivity (Wildman–Crippen MR) is 168 cm³/mol. The molecule has 0 unspecified atom stereocenters. The van der Waals surface area contributed by atoms with Crippen LogP contribution in [0, 0.1) is 24.7 Å². The minimum Gasteiger partial charge on any atom is -0.320 e. The van der Waals surface area contributed by atoms with Gasteiger partial charge in [0.1, 0.15) is 0 Å². The summed E-state index contributed by atoms with van der Waals surface area (Å²) in [7, 11) is -4.02. The van der Waals surface area contributed by atoms with Crippen LogP contribution in [0.2, 0.25) is 0 Å². The molecular weight excluding hydrogens is 584 g/mol. The van der Waals surface area contributed by atoms with E-state index in [0.29, 0.717) is 6.42 Å². The van der Waals surface area contributed by atoms with Crippen LogP contribution in [-0.2, 0) is 24.5 Å². The Morgan fingerprint density at radius 3 is 2.07 bits per heavy atom. The number of allylic oxidation sites excluding steroid dienone is 1. The Labute approximate surface area is 260 Å². The van der Waals surface area contributed by atoms with Crippen molar-refractivity contribution in [2.45, 2.75) is 83.2 Å². The van der Waals surface area contributed by atoms with Crippen LogP contribution in [0.15, 0.2) is 65.6 Å². The lowest BCUT2D eigenvalue weighted by Crippen LogP contribution is -2.57. The molecule has 0 aromatic heterocycles. The zero-order chi connectivity index (χ0) is 32.9. The van der Waals surface area contributed by atoms with Crippen LogP contribution in [0.4, 0.5) is 0 Å². The van der Waals surface area contributed by atoms with Gasteiger partial charge in [0, 0.05) is 0 Å². The molecule has 0 aliphatic heterocycles. The fourth-order valence-corrected chi connectivity index (χ4v) is 5.51. The first-order valence-electron chi connectivity index (χ1n) is 14.8. The second kappa shape index (κ2) is 17.6. The molecule has 0 heterocycles. The first-order chi connectivity index (χ1) is 20.7. The quantitative estimate of drug-likeness (QED) is 0.139. The zero-order valence-corrected chi connectivity index (χ0v) is 26.7. The highest BCUT2D eigenvalue weighted by Crippen LogP contribution is 2.27. The van der Waals surface area contributed by atoms with Crippen molar-refractivity contribution in [2.24, 2.45) is 23.5 Å². The Hall–Kier alpha value is -3.58. The third-order valence-electron chi connectivity index (χ3n) is 7.36. The Bertz CT molecular complexity index is 1340. The van der Waals surface area contributed by atoms with Gasteiger partial charge in [-0.15, -0.1) is 0 Å². The van der Waals surface area contributed by atoms with Gasteiger partial charge in [0.25, 0.3) is 16.0 Å². The van der Waals surface area contributed by atoms with Gasteiger partial charge < -0.3 is 5.73 Å². The second-order valence-electron chi connectivity index (χ2n) is 11.6. The Morgan fingerprint density at radius 2 is 1.57 bits per heavy atom. The molecule has 1 fully saturated rings. The van der Waals surface area contributed by atoms with Gasteiger partial charge in [-0.3, -0.25) is 29.6 Å². The molecule has 3 atom stereocenters. The van der Waals surface area contributed by atoms with Crippen molar-refractivity contribution in [1.82, 2.24) is 15.9 Å². The number of hydrogen-bond donors (Lipinski definition) is 5. The smallest absolute Gasteiger partial charge is 0.294 e. The molecule has 1 aliphatic carbocycles. The van der Waals surface area contributed by atoms with E-state index in [1.807, 2.05) is 63.3 Å². The van der Waals surface area contributed by atoms with Crippen molar-refractivity contribution >= 4 is 33.9 Å². The number of amides is 3. The number of nitrogens with zero attached hydrogens (tertiary/aromatic N) is 1. The minimum atomic E-state index is -4.02. The summed E-state index contributed by atoms with van der Waals surface area (Å²) in [6.07, 6.45) is 7.97. The van der Waals surface area contributed by atoms with Gasteiger partial charge in [-0.2, -0.15) is 8.42 Å². The Kier molecular flexibility index (Phi) is 14.7. The molecule has 12 heteroatoms. The van der Waals surface area contributed by atoms with Gasteiger partial charge in [-0.05, 0) is 63.1 Å². The van der Waals surface area contributed by atoms with Crippen LogP contribution in [-0.4, -0.2) is 53.0 Å². The summed E-state index contributed by atoms with van der Waals surface area (Å²) >= 11 is 0. The van der Waals surface area contributed by atoms with E-state index in [4.69, 9.17) is 10.3 Å². The van der Waals surface area contributed by atoms with Gasteiger partial charge in [-0.25, -0.2) is 10.5 Å². The number of rotatable bonds is 11. The second-order valence-corrected chi connectivity index (χ2v) is 13.0. The number of nitrogens with two attached hydrogens (primary N) is 1. The van der Waals surface area contributed by atoms with Crippen LogP contribution >= 0.6 is 0 Å². The highest BCUT2D eigenvalue weighted by atomic mass is 32.2. The maximum atomic E-state index is 13.4. The third-order valence-corrected chi connectivity index (χ3v) is 8.23. The van der Waals surface area contributed by atoms with E-state index in [1.165, 1.54) is 17.1 Å². The lowest BCUT2D eigenvalue weighted by atomic mass is 9.82. The summed E-state index contributed by atoms with van der Waals surface area (Å²) in [5.74, 6) is -2.79. The minimum absolute atomic E-state index is 0.0666. The van der Waals surface area contributed by atoms with Crippen LogP contribution in [0.5, 0.6) is 0 Å². The molecule has 0 saturated heterocycles. The fourth-order valence-electron chi connectivity index (χ4n) is 5.03. The fraction of sp³-hybridized carbons (Fsp3) is 0.469. The number of carbonyl (C=O) groups is 3. The summed E-state index contributed by atoms with van der Waals surface area (Å²) in [6, 6.07) is 14.8. The molecule has 0 bridgehead atoms. The van der Waals surface area contributed by atoms with Crippen LogP contribution in [0.1, 0.15) is 70.4 Å². The van der Waals surface area contributed by atoms with E-state index in [-0.39, 0.29) is 29.2 Å². The Balaban J connectivity index is 0.000000514. The third kappa shape index (κ3) is 11.8. The molecule has 242 valence electrons. The number of benzene rings is 2. The number of carbonyl (C=O) groups excluding carboxylic acids is 3. The SMILES string of the molecule is CC(C)C[C@H](C(=O)NN(C(=O)[C@@H](C)N)C1CCCC1)[C@@H](C/C=C/c1ccccc1)C(=O)NO.Cc1ccc(S(=O)(=O)O)cc1. The topological polar surface area (TPSA) is 179 Å². The van der Waals surface area contributed by atoms with E-state index in [9.17, 15) is 28.0 Å². The van der Waals surface area contributed by atoms with Gasteiger partial charge in [0.2, 0.25) is 11.8 Å². The molecule has 3 amide bonds.